The first kappa shape index (κ1) is 19.8. The molecular weight excluding hydrogens is 415 g/mol. The molecule has 4 aromatic rings. The van der Waals surface area contributed by atoms with Gasteiger partial charge in [-0.2, -0.15) is 13.2 Å². The van der Waals surface area contributed by atoms with Crippen molar-refractivity contribution in [2.75, 3.05) is 5.32 Å². The van der Waals surface area contributed by atoms with Gasteiger partial charge in [0.1, 0.15) is 11.2 Å². The minimum Gasteiger partial charge on any atom is -0.325 e. The second-order valence-corrected chi connectivity index (χ2v) is 7.55. The maximum atomic E-state index is 12.8. The third-order valence-electron chi connectivity index (χ3n) is 4.35. The smallest absolute Gasteiger partial charge is 0.325 e. The first-order valence-corrected chi connectivity index (χ1v) is 9.64. The van der Waals surface area contributed by atoms with Gasteiger partial charge in [0.25, 0.3) is 5.56 Å². The fraction of sp³-hybridized carbons (Fsp3) is 0.0952. The fourth-order valence-electron chi connectivity index (χ4n) is 2.93. The topological polar surface area (TPSA) is 64.0 Å². The molecule has 2 aromatic heterocycles. The molecule has 2 aromatic carbocycles. The van der Waals surface area contributed by atoms with E-state index in [0.717, 1.165) is 27.1 Å². The molecule has 1 amide bonds. The SMILES string of the molecule is O=C(Cn1cnc2cc(-c3ccccc3)sc2c1=O)Nc1cccc(C(F)(F)F)c1. The van der Waals surface area contributed by atoms with Gasteiger partial charge in [0, 0.05) is 10.6 Å². The van der Waals surface area contributed by atoms with Crippen molar-refractivity contribution in [2.45, 2.75) is 12.7 Å². The van der Waals surface area contributed by atoms with Crippen molar-refractivity contribution >= 4 is 33.1 Å². The van der Waals surface area contributed by atoms with Crippen molar-refractivity contribution in [3.63, 3.8) is 0 Å². The first-order valence-electron chi connectivity index (χ1n) is 8.83. The summed E-state index contributed by atoms with van der Waals surface area (Å²) in [5.74, 6) is -0.627. The van der Waals surface area contributed by atoms with Gasteiger partial charge in [-0.15, -0.1) is 11.3 Å². The lowest BCUT2D eigenvalue weighted by Crippen LogP contribution is -2.27. The average molecular weight is 429 g/mol. The Kier molecular flexibility index (Phi) is 5.13. The Morgan fingerprint density at radius 1 is 1.07 bits per heavy atom. The monoisotopic (exact) mass is 429 g/mol. The van der Waals surface area contributed by atoms with Crippen LogP contribution in [0.4, 0.5) is 18.9 Å². The van der Waals surface area contributed by atoms with Gasteiger partial charge in [0.15, 0.2) is 0 Å². The van der Waals surface area contributed by atoms with Crippen molar-refractivity contribution in [2.24, 2.45) is 0 Å². The van der Waals surface area contributed by atoms with Gasteiger partial charge in [0.05, 0.1) is 17.4 Å². The Hall–Kier alpha value is -3.46. The van der Waals surface area contributed by atoms with E-state index in [9.17, 15) is 22.8 Å². The molecule has 2 heterocycles. The van der Waals surface area contributed by atoms with E-state index in [4.69, 9.17) is 0 Å². The number of benzene rings is 2. The van der Waals surface area contributed by atoms with E-state index in [1.54, 1.807) is 0 Å². The normalized spacial score (nSPS) is 11.6. The Morgan fingerprint density at radius 2 is 1.83 bits per heavy atom. The van der Waals surface area contributed by atoms with Crippen molar-refractivity contribution in [1.29, 1.82) is 0 Å². The number of alkyl halides is 3. The minimum absolute atomic E-state index is 0.000557. The molecule has 0 aliphatic carbocycles. The largest absolute Gasteiger partial charge is 0.416 e. The molecule has 0 atom stereocenters. The predicted molar refractivity (Wildman–Crippen MR) is 109 cm³/mol. The van der Waals surface area contributed by atoms with Crippen molar-refractivity contribution in [1.82, 2.24) is 9.55 Å². The van der Waals surface area contributed by atoms with Gasteiger partial charge in [-0.3, -0.25) is 14.2 Å². The van der Waals surface area contributed by atoms with Crippen LogP contribution in [0.25, 0.3) is 20.7 Å². The average Bonchev–Trinajstić information content (AvgIpc) is 3.16. The van der Waals surface area contributed by atoms with Crippen LogP contribution in [0.1, 0.15) is 5.56 Å². The van der Waals surface area contributed by atoms with Crippen LogP contribution in [0.5, 0.6) is 0 Å². The number of carbonyl (C=O) groups excluding carboxylic acids is 1. The zero-order valence-corrected chi connectivity index (χ0v) is 16.1. The molecule has 0 unspecified atom stereocenters. The van der Waals surface area contributed by atoms with Crippen molar-refractivity contribution in [3.05, 3.63) is 82.9 Å². The van der Waals surface area contributed by atoms with Gasteiger partial charge in [0.2, 0.25) is 5.91 Å². The molecule has 0 saturated carbocycles. The molecule has 30 heavy (non-hydrogen) atoms. The fourth-order valence-corrected chi connectivity index (χ4v) is 4.00. The van der Waals surface area contributed by atoms with E-state index in [2.05, 4.69) is 10.3 Å². The summed E-state index contributed by atoms with van der Waals surface area (Å²) >= 11 is 1.27. The van der Waals surface area contributed by atoms with Crippen LogP contribution in [-0.2, 0) is 17.5 Å². The minimum atomic E-state index is -4.51. The Labute approximate surface area is 172 Å². The number of nitrogens with zero attached hydrogens (tertiary/aromatic N) is 2. The highest BCUT2D eigenvalue weighted by Gasteiger charge is 2.30. The Bertz CT molecular complexity index is 1280. The highest BCUT2D eigenvalue weighted by molar-refractivity contribution is 7.22. The second kappa shape index (κ2) is 7.75. The van der Waals surface area contributed by atoms with Crippen molar-refractivity contribution in [3.8, 4) is 10.4 Å². The van der Waals surface area contributed by atoms with Gasteiger partial charge in [-0.1, -0.05) is 36.4 Å². The highest BCUT2D eigenvalue weighted by atomic mass is 32.1. The summed E-state index contributed by atoms with van der Waals surface area (Å²) in [5, 5.41) is 2.39. The quantitative estimate of drug-likeness (QED) is 0.508. The molecule has 0 spiro atoms. The number of halogens is 3. The Morgan fingerprint density at radius 3 is 2.57 bits per heavy atom. The van der Waals surface area contributed by atoms with Gasteiger partial charge < -0.3 is 5.32 Å². The molecule has 0 bridgehead atoms. The van der Waals surface area contributed by atoms with Crippen LogP contribution in [-0.4, -0.2) is 15.5 Å². The summed E-state index contributed by atoms with van der Waals surface area (Å²) in [6.07, 6.45) is -3.25. The summed E-state index contributed by atoms with van der Waals surface area (Å²) in [7, 11) is 0. The number of anilines is 1. The van der Waals surface area contributed by atoms with Gasteiger partial charge in [-0.05, 0) is 29.8 Å². The zero-order valence-electron chi connectivity index (χ0n) is 15.3. The third kappa shape index (κ3) is 4.11. The molecule has 0 fully saturated rings. The number of nitrogens with one attached hydrogen (secondary N) is 1. The lowest BCUT2D eigenvalue weighted by Gasteiger charge is -2.10. The standard InChI is InChI=1S/C21H14F3N3O2S/c22-21(23,24)14-7-4-8-15(9-14)26-18(28)11-27-12-25-16-10-17(30-19(16)20(27)29)13-5-2-1-3-6-13/h1-10,12H,11H2,(H,26,28). The maximum Gasteiger partial charge on any atom is 0.416 e. The Balaban J connectivity index is 1.56. The summed E-state index contributed by atoms with van der Waals surface area (Å²) < 4.78 is 40.0. The molecule has 152 valence electrons. The van der Waals surface area contributed by atoms with Gasteiger partial charge >= 0.3 is 6.18 Å². The summed E-state index contributed by atoms with van der Waals surface area (Å²) in [4.78, 5) is 30.1. The molecule has 0 radical (unpaired) electrons. The van der Waals surface area contributed by atoms with E-state index < -0.39 is 17.6 Å². The van der Waals surface area contributed by atoms with Crippen LogP contribution >= 0.6 is 11.3 Å². The van der Waals surface area contributed by atoms with Crippen molar-refractivity contribution < 1.29 is 18.0 Å². The predicted octanol–water partition coefficient (Wildman–Crippen LogP) is 4.78. The highest BCUT2D eigenvalue weighted by Crippen LogP contribution is 2.31. The number of fused-ring (bicyclic) bond motifs is 1. The lowest BCUT2D eigenvalue weighted by atomic mass is 10.2. The molecule has 0 aliphatic heterocycles. The van der Waals surface area contributed by atoms with Crippen LogP contribution in [0.3, 0.4) is 0 Å². The van der Waals surface area contributed by atoms with E-state index >= 15 is 0 Å². The summed E-state index contributed by atoms with van der Waals surface area (Å²) in [6.45, 7) is -0.364. The zero-order chi connectivity index (χ0) is 21.3. The second-order valence-electron chi connectivity index (χ2n) is 6.50. The van der Waals surface area contributed by atoms with E-state index in [1.165, 1.54) is 29.8 Å². The molecule has 9 heteroatoms. The summed E-state index contributed by atoms with van der Waals surface area (Å²) in [5.41, 5.74) is 0.227. The van der Waals surface area contributed by atoms with E-state index in [0.29, 0.717) is 10.2 Å². The van der Waals surface area contributed by atoms with Crippen LogP contribution in [0, 0.1) is 0 Å². The van der Waals surface area contributed by atoms with Crippen LogP contribution in [0.2, 0.25) is 0 Å². The van der Waals surface area contributed by atoms with Crippen LogP contribution in [0.15, 0.2) is 71.8 Å². The molecule has 1 N–H and O–H groups in total. The lowest BCUT2D eigenvalue weighted by molar-refractivity contribution is -0.137. The number of thiophene rings is 1. The molecular formula is C21H14F3N3O2S. The number of carbonyl (C=O) groups is 1. The molecule has 0 saturated heterocycles. The maximum absolute atomic E-state index is 12.8. The van der Waals surface area contributed by atoms with E-state index in [1.807, 2.05) is 36.4 Å². The number of amides is 1. The number of aromatic nitrogens is 2. The molecule has 4 rings (SSSR count). The third-order valence-corrected chi connectivity index (χ3v) is 5.51. The number of hydrogen-bond donors (Lipinski definition) is 1. The summed E-state index contributed by atoms with van der Waals surface area (Å²) in [6, 6.07) is 15.6. The number of rotatable bonds is 4. The molecule has 5 nitrogen and oxygen atoms in total. The first-order chi connectivity index (χ1) is 14.3. The van der Waals surface area contributed by atoms with Crippen LogP contribution < -0.4 is 10.9 Å². The van der Waals surface area contributed by atoms with E-state index in [-0.39, 0.29) is 17.8 Å². The number of hydrogen-bond acceptors (Lipinski definition) is 4. The van der Waals surface area contributed by atoms with Gasteiger partial charge in [-0.25, -0.2) is 4.98 Å². The molecule has 0 aliphatic rings.